The molecule has 0 unspecified atom stereocenters. The lowest BCUT2D eigenvalue weighted by Crippen LogP contribution is -2.05. The maximum atomic E-state index is 11.2. The van der Waals surface area contributed by atoms with Crippen LogP contribution in [0.15, 0.2) is 46.5 Å². The predicted molar refractivity (Wildman–Crippen MR) is 63.3 cm³/mol. The molecule has 0 aliphatic carbocycles. The van der Waals surface area contributed by atoms with Gasteiger partial charge in [-0.25, -0.2) is 4.79 Å². The molecule has 0 heterocycles. The minimum absolute atomic E-state index is 0.201. The van der Waals surface area contributed by atoms with Crippen LogP contribution in [0.4, 0.5) is 5.69 Å². The van der Waals surface area contributed by atoms with E-state index in [1.807, 2.05) is 0 Å². The Morgan fingerprint density at radius 2 is 2.12 bits per heavy atom. The predicted octanol–water partition coefficient (Wildman–Crippen LogP) is 3.39. The molecule has 0 radical (unpaired) electrons. The van der Waals surface area contributed by atoms with E-state index in [1.165, 1.54) is 0 Å². The zero-order valence-electron chi connectivity index (χ0n) is 9.13. The number of esters is 1. The third-order valence-corrected chi connectivity index (χ3v) is 1.96. The first kappa shape index (κ1) is 13.2. The number of aliphatic hydroxyl groups is 1. The van der Waals surface area contributed by atoms with Crippen molar-refractivity contribution in [1.82, 2.24) is 0 Å². The summed E-state index contributed by atoms with van der Waals surface area (Å²) in [6.45, 7) is 1.86. The van der Waals surface area contributed by atoms with Crippen molar-refractivity contribution in [3.63, 3.8) is 0 Å². The summed E-state index contributed by atoms with van der Waals surface area (Å²) in [7, 11) is 0. The van der Waals surface area contributed by atoms with Crippen molar-refractivity contribution in [2.75, 3.05) is 6.61 Å². The Morgan fingerprint density at radius 3 is 2.65 bits per heavy atom. The van der Waals surface area contributed by atoms with Gasteiger partial charge in [0.25, 0.3) is 0 Å². The summed E-state index contributed by atoms with van der Waals surface area (Å²) in [5, 5.41) is 16.7. The molecule has 90 valence electrons. The summed E-state index contributed by atoms with van der Waals surface area (Å²) in [5.41, 5.74) is 0.250. The van der Waals surface area contributed by atoms with Crippen LogP contribution in [-0.4, -0.2) is 17.7 Å². The molecule has 0 aliphatic rings. The molecule has 17 heavy (non-hydrogen) atoms. The maximum absolute atomic E-state index is 11.2. The van der Waals surface area contributed by atoms with Crippen molar-refractivity contribution in [1.29, 1.82) is 0 Å². The van der Waals surface area contributed by atoms with Crippen LogP contribution in [0, 0.1) is 0 Å². The smallest absolute Gasteiger partial charge is 0.362 e. The topological polar surface area (TPSA) is 71.2 Å². The van der Waals surface area contributed by atoms with Crippen molar-refractivity contribution < 1.29 is 14.6 Å². The molecular weight excluding hydrogens is 244 g/mol. The number of aliphatic hydroxyl groups excluding tert-OH is 1. The Balaban J connectivity index is 2.75. The largest absolute Gasteiger partial charge is 0.513 e. The second-order valence-electron chi connectivity index (χ2n) is 2.91. The molecule has 1 aromatic carbocycles. The molecule has 0 fully saturated rings. The maximum Gasteiger partial charge on any atom is 0.362 e. The monoisotopic (exact) mass is 254 g/mol. The average Bonchev–Trinajstić information content (AvgIpc) is 2.32. The highest BCUT2D eigenvalue weighted by molar-refractivity contribution is 6.30. The standard InChI is InChI=1S/C11H11ClN2O3/c1-2-17-11(16)10(7-15)14-13-9-5-3-8(12)4-6-9/h3-7,15H,2H2,1H3/b10-7+,14-13?. The van der Waals surface area contributed by atoms with Gasteiger partial charge in [0, 0.05) is 5.02 Å². The zero-order chi connectivity index (χ0) is 12.7. The number of hydrogen-bond donors (Lipinski definition) is 1. The molecule has 0 aromatic heterocycles. The quantitative estimate of drug-likeness (QED) is 0.387. The molecular formula is C11H11ClN2O3. The van der Waals surface area contributed by atoms with Gasteiger partial charge in [0.1, 0.15) is 6.26 Å². The van der Waals surface area contributed by atoms with Gasteiger partial charge in [-0.1, -0.05) is 11.6 Å². The van der Waals surface area contributed by atoms with Gasteiger partial charge in [-0.3, -0.25) is 0 Å². The van der Waals surface area contributed by atoms with Gasteiger partial charge in [0.05, 0.1) is 12.3 Å². The number of hydrogen-bond acceptors (Lipinski definition) is 5. The van der Waals surface area contributed by atoms with Gasteiger partial charge in [0.15, 0.2) is 0 Å². The van der Waals surface area contributed by atoms with Crippen molar-refractivity contribution in [2.45, 2.75) is 6.92 Å². The van der Waals surface area contributed by atoms with E-state index in [4.69, 9.17) is 16.7 Å². The molecule has 0 spiro atoms. The fraction of sp³-hybridized carbons (Fsp3) is 0.182. The zero-order valence-corrected chi connectivity index (χ0v) is 9.89. The highest BCUT2D eigenvalue weighted by Gasteiger charge is 2.09. The summed E-state index contributed by atoms with van der Waals surface area (Å²) in [4.78, 5) is 11.2. The van der Waals surface area contributed by atoms with Crippen molar-refractivity contribution >= 4 is 23.3 Å². The molecule has 6 heteroatoms. The Morgan fingerprint density at radius 1 is 1.47 bits per heavy atom. The van der Waals surface area contributed by atoms with E-state index in [0.717, 1.165) is 0 Å². The fourth-order valence-corrected chi connectivity index (χ4v) is 1.07. The number of carbonyl (C=O) groups excluding carboxylic acids is 1. The molecule has 1 N–H and O–H groups in total. The normalized spacial score (nSPS) is 11.8. The first-order chi connectivity index (χ1) is 8.17. The number of halogens is 1. The highest BCUT2D eigenvalue weighted by atomic mass is 35.5. The van der Waals surface area contributed by atoms with Crippen LogP contribution in [0.1, 0.15) is 6.92 Å². The van der Waals surface area contributed by atoms with Crippen LogP contribution in [0.3, 0.4) is 0 Å². The van der Waals surface area contributed by atoms with Gasteiger partial charge in [-0.2, -0.15) is 5.11 Å². The Bertz CT molecular complexity index is 441. The van der Waals surface area contributed by atoms with Crippen LogP contribution in [0.2, 0.25) is 5.02 Å². The number of ether oxygens (including phenoxy) is 1. The molecule has 0 amide bonds. The Labute approximate surface area is 103 Å². The van der Waals surface area contributed by atoms with Crippen molar-refractivity contribution in [2.24, 2.45) is 10.2 Å². The van der Waals surface area contributed by atoms with E-state index < -0.39 is 5.97 Å². The van der Waals surface area contributed by atoms with Crippen LogP contribution in [0.5, 0.6) is 0 Å². The van der Waals surface area contributed by atoms with E-state index in [1.54, 1.807) is 31.2 Å². The molecule has 5 nitrogen and oxygen atoms in total. The third kappa shape index (κ3) is 4.24. The summed E-state index contributed by atoms with van der Waals surface area (Å²) in [6, 6.07) is 6.54. The molecule has 0 saturated carbocycles. The molecule has 0 bridgehead atoms. The van der Waals surface area contributed by atoms with Crippen LogP contribution < -0.4 is 0 Å². The molecule has 0 atom stereocenters. The minimum atomic E-state index is -0.729. The van der Waals surface area contributed by atoms with Gasteiger partial charge in [0.2, 0.25) is 5.70 Å². The Hall–Kier alpha value is -1.88. The first-order valence-electron chi connectivity index (χ1n) is 4.86. The van der Waals surface area contributed by atoms with Gasteiger partial charge in [-0.05, 0) is 31.2 Å². The Kier molecular flexibility index (Phi) is 5.16. The minimum Gasteiger partial charge on any atom is -0.513 e. The number of carbonyl (C=O) groups is 1. The van der Waals surface area contributed by atoms with Gasteiger partial charge in [-0.15, -0.1) is 5.11 Å². The molecule has 1 aromatic rings. The summed E-state index contributed by atoms with van der Waals surface area (Å²) in [6.07, 6.45) is 0.553. The second-order valence-corrected chi connectivity index (χ2v) is 3.35. The average molecular weight is 255 g/mol. The van der Waals surface area contributed by atoms with E-state index in [-0.39, 0.29) is 12.3 Å². The van der Waals surface area contributed by atoms with Gasteiger partial charge < -0.3 is 9.84 Å². The molecule has 0 aliphatic heterocycles. The van der Waals surface area contributed by atoms with E-state index in [0.29, 0.717) is 17.0 Å². The SMILES string of the molecule is CCOC(=O)/C(=C\O)N=Nc1ccc(Cl)cc1. The van der Waals surface area contributed by atoms with Crippen molar-refractivity contribution in [3.8, 4) is 0 Å². The molecule has 0 saturated heterocycles. The number of nitrogens with zero attached hydrogens (tertiary/aromatic N) is 2. The third-order valence-electron chi connectivity index (χ3n) is 1.71. The van der Waals surface area contributed by atoms with E-state index in [9.17, 15) is 4.79 Å². The van der Waals surface area contributed by atoms with Crippen LogP contribution in [0.25, 0.3) is 0 Å². The van der Waals surface area contributed by atoms with E-state index in [2.05, 4.69) is 15.0 Å². The summed E-state index contributed by atoms with van der Waals surface area (Å²) < 4.78 is 4.66. The second kappa shape index (κ2) is 6.65. The lowest BCUT2D eigenvalue weighted by atomic mass is 10.3. The lowest BCUT2D eigenvalue weighted by molar-refractivity contribution is -0.138. The van der Waals surface area contributed by atoms with Crippen LogP contribution in [-0.2, 0) is 9.53 Å². The lowest BCUT2D eigenvalue weighted by Gasteiger charge is -1.99. The fourth-order valence-electron chi connectivity index (χ4n) is 0.944. The number of rotatable bonds is 4. The van der Waals surface area contributed by atoms with Crippen molar-refractivity contribution in [3.05, 3.63) is 41.2 Å². The number of benzene rings is 1. The van der Waals surface area contributed by atoms with Crippen LogP contribution >= 0.6 is 11.6 Å². The number of azo groups is 1. The van der Waals surface area contributed by atoms with Gasteiger partial charge >= 0.3 is 5.97 Å². The first-order valence-corrected chi connectivity index (χ1v) is 5.24. The van der Waals surface area contributed by atoms with E-state index >= 15 is 0 Å². The summed E-state index contributed by atoms with van der Waals surface area (Å²) >= 11 is 5.70. The summed E-state index contributed by atoms with van der Waals surface area (Å²) in [5.74, 6) is -0.729. The molecule has 1 rings (SSSR count). The highest BCUT2D eigenvalue weighted by Crippen LogP contribution is 2.17.